The zero-order valence-corrected chi connectivity index (χ0v) is 35.4. The van der Waals surface area contributed by atoms with E-state index in [4.69, 9.17) is 61.6 Å². The fraction of sp³-hybridized carbons (Fsp3) is 0.929. The van der Waals surface area contributed by atoms with Crippen LogP contribution in [0.4, 0.5) is 0 Å². The van der Waals surface area contributed by atoms with Crippen LogP contribution in [0.1, 0.15) is 96.8 Å². The maximum atomic E-state index is 11.9. The van der Waals surface area contributed by atoms with E-state index in [1.165, 1.54) is 76.9 Å². The van der Waals surface area contributed by atoms with Crippen molar-refractivity contribution < 1.29 is 66.4 Å². The number of rotatable bonds is 51. The Morgan fingerprint density at radius 3 is 0.839 bits per heavy atom. The van der Waals surface area contributed by atoms with E-state index in [1.54, 1.807) is 0 Å². The predicted octanol–water partition coefficient (Wildman–Crippen LogP) is 6.35. The number of hydrogen-bond acceptors (Lipinski definition) is 14. The van der Waals surface area contributed by atoms with Crippen molar-refractivity contribution in [3.05, 3.63) is 12.8 Å². The maximum absolute atomic E-state index is 11.9. The number of unbranched alkanes of at least 4 members (excludes halogenated alkanes) is 12. The number of carbonyl (C=O) groups excluding carboxylic acids is 1. The lowest BCUT2D eigenvalue weighted by Gasteiger charge is -2.09. The van der Waals surface area contributed by atoms with E-state index in [2.05, 4.69) is 13.5 Å². The van der Waals surface area contributed by atoms with Crippen molar-refractivity contribution in [3.63, 3.8) is 0 Å². The summed E-state index contributed by atoms with van der Waals surface area (Å²) in [6.07, 6.45) is 18.7. The molecule has 334 valence electrons. The van der Waals surface area contributed by atoms with E-state index < -0.39 is 0 Å². The molecular weight excluding hydrogens is 728 g/mol. The van der Waals surface area contributed by atoms with Crippen LogP contribution in [0, 0.1) is 0 Å². The molecule has 0 saturated carbocycles. The first-order valence-corrected chi connectivity index (χ1v) is 21.5. The molecule has 0 aromatic heterocycles. The molecule has 0 aliphatic heterocycles. The van der Waals surface area contributed by atoms with Gasteiger partial charge in [0.2, 0.25) is 0 Å². The first-order valence-electron chi connectivity index (χ1n) is 21.5. The molecule has 0 aromatic rings. The van der Waals surface area contributed by atoms with Gasteiger partial charge in [0, 0.05) is 6.42 Å². The summed E-state index contributed by atoms with van der Waals surface area (Å²) in [6, 6.07) is 0. The lowest BCUT2D eigenvalue weighted by Crippen LogP contribution is -2.15. The van der Waals surface area contributed by atoms with Crippen LogP contribution >= 0.6 is 0 Å². The van der Waals surface area contributed by atoms with Crippen molar-refractivity contribution in [2.75, 3.05) is 159 Å². The lowest BCUT2D eigenvalue weighted by molar-refractivity contribution is -0.145. The molecule has 0 N–H and O–H groups in total. The van der Waals surface area contributed by atoms with Gasteiger partial charge in [-0.3, -0.25) is 4.79 Å². The van der Waals surface area contributed by atoms with Gasteiger partial charge >= 0.3 is 5.97 Å². The van der Waals surface area contributed by atoms with Gasteiger partial charge in [-0.05, 0) is 6.42 Å². The molecule has 0 bridgehead atoms. The van der Waals surface area contributed by atoms with Crippen LogP contribution < -0.4 is 0 Å². The lowest BCUT2D eigenvalue weighted by atomic mass is 10.0. The van der Waals surface area contributed by atoms with Crippen LogP contribution in [0.3, 0.4) is 0 Å². The molecule has 14 heteroatoms. The molecule has 56 heavy (non-hydrogen) atoms. The quantitative estimate of drug-likeness (QED) is 0.0383. The molecule has 14 nitrogen and oxygen atoms in total. The molecule has 0 heterocycles. The van der Waals surface area contributed by atoms with Crippen molar-refractivity contribution in [1.82, 2.24) is 0 Å². The zero-order valence-electron chi connectivity index (χ0n) is 35.4. The SMILES string of the molecule is C=COCCOCCOCCOCCOCCOCCOCCOCCOCCOCCOCCOCCOC(=O)CCCCCCCCCCCCCCC. The first-order chi connectivity index (χ1) is 27.8. The van der Waals surface area contributed by atoms with Gasteiger partial charge in [-0.1, -0.05) is 90.6 Å². The summed E-state index contributed by atoms with van der Waals surface area (Å²) in [5.74, 6) is -0.133. The van der Waals surface area contributed by atoms with Crippen LogP contribution in [0.5, 0.6) is 0 Å². The highest BCUT2D eigenvalue weighted by Gasteiger charge is 2.03. The van der Waals surface area contributed by atoms with Crippen molar-refractivity contribution in [1.29, 1.82) is 0 Å². The van der Waals surface area contributed by atoms with E-state index in [0.29, 0.717) is 158 Å². The average molecular weight is 811 g/mol. The van der Waals surface area contributed by atoms with Crippen molar-refractivity contribution in [3.8, 4) is 0 Å². The van der Waals surface area contributed by atoms with Gasteiger partial charge in [0.05, 0.1) is 152 Å². The van der Waals surface area contributed by atoms with Crippen LogP contribution in [-0.2, 0) is 66.4 Å². The van der Waals surface area contributed by atoms with Gasteiger partial charge in [0.1, 0.15) is 13.2 Å². The Balaban J connectivity index is 3.12. The van der Waals surface area contributed by atoms with Gasteiger partial charge in [-0.25, -0.2) is 0 Å². The summed E-state index contributed by atoms with van der Waals surface area (Å²) in [7, 11) is 0. The van der Waals surface area contributed by atoms with E-state index in [9.17, 15) is 4.79 Å². The maximum Gasteiger partial charge on any atom is 0.305 e. The summed E-state index contributed by atoms with van der Waals surface area (Å²) in [4.78, 5) is 11.9. The number of ether oxygens (including phenoxy) is 13. The molecular formula is C42H82O14. The van der Waals surface area contributed by atoms with Gasteiger partial charge in [0.25, 0.3) is 0 Å². The molecule has 0 fully saturated rings. The molecule has 0 aromatic carbocycles. The van der Waals surface area contributed by atoms with E-state index >= 15 is 0 Å². The number of esters is 1. The topological polar surface area (TPSA) is 137 Å². The summed E-state index contributed by atoms with van der Waals surface area (Å²) in [6.45, 7) is 17.4. The van der Waals surface area contributed by atoms with Crippen molar-refractivity contribution >= 4 is 5.97 Å². The average Bonchev–Trinajstić information content (AvgIpc) is 3.20. The standard InChI is InChI=1S/C42H82O14/c1-3-5-6-7-8-9-10-11-12-13-14-15-16-17-42(43)56-41-40-55-39-38-54-37-36-53-35-34-52-33-32-51-31-30-50-29-28-49-27-26-48-25-24-47-23-22-46-21-20-45-19-18-44-4-2/h4H,2-3,5-41H2,1H3. The molecule has 0 amide bonds. The normalized spacial score (nSPS) is 11.4. The van der Waals surface area contributed by atoms with Gasteiger partial charge in [-0.2, -0.15) is 0 Å². The second-order valence-electron chi connectivity index (χ2n) is 13.0. The summed E-state index contributed by atoms with van der Waals surface area (Å²) in [5, 5.41) is 0. The third-order valence-corrected chi connectivity index (χ3v) is 8.16. The fourth-order valence-electron chi connectivity index (χ4n) is 5.07. The molecule has 0 radical (unpaired) electrons. The Labute approximate surface area is 340 Å². The first kappa shape index (κ1) is 54.6. The van der Waals surface area contributed by atoms with Gasteiger partial charge < -0.3 is 61.6 Å². The van der Waals surface area contributed by atoms with Crippen LogP contribution in [0.25, 0.3) is 0 Å². The minimum atomic E-state index is -0.133. The molecule has 0 aliphatic rings. The summed E-state index contributed by atoms with van der Waals surface area (Å²) >= 11 is 0. The number of hydrogen-bond donors (Lipinski definition) is 0. The summed E-state index contributed by atoms with van der Waals surface area (Å²) in [5.41, 5.74) is 0. The Morgan fingerprint density at radius 2 is 0.571 bits per heavy atom. The van der Waals surface area contributed by atoms with E-state index in [0.717, 1.165) is 12.8 Å². The van der Waals surface area contributed by atoms with Crippen LogP contribution in [0.15, 0.2) is 12.8 Å². The van der Waals surface area contributed by atoms with Gasteiger partial charge in [-0.15, -0.1) is 0 Å². The third-order valence-electron chi connectivity index (χ3n) is 8.16. The minimum absolute atomic E-state index is 0.133. The van der Waals surface area contributed by atoms with Crippen molar-refractivity contribution in [2.45, 2.75) is 96.8 Å². The third kappa shape index (κ3) is 50.6. The molecule has 0 saturated heterocycles. The highest BCUT2D eigenvalue weighted by Crippen LogP contribution is 2.13. The zero-order chi connectivity index (χ0) is 40.3. The Morgan fingerprint density at radius 1 is 0.339 bits per heavy atom. The number of carbonyl (C=O) groups is 1. The smallest absolute Gasteiger partial charge is 0.305 e. The second kappa shape index (κ2) is 51.6. The Kier molecular flexibility index (Phi) is 50.3. The molecule has 0 aliphatic carbocycles. The molecule has 0 unspecified atom stereocenters. The summed E-state index contributed by atoms with van der Waals surface area (Å²) < 4.78 is 70.3. The Hall–Kier alpha value is -1.43. The van der Waals surface area contributed by atoms with Crippen molar-refractivity contribution in [2.24, 2.45) is 0 Å². The molecule has 0 atom stereocenters. The monoisotopic (exact) mass is 811 g/mol. The van der Waals surface area contributed by atoms with Crippen LogP contribution in [0.2, 0.25) is 0 Å². The minimum Gasteiger partial charge on any atom is -0.499 e. The second-order valence-corrected chi connectivity index (χ2v) is 13.0. The largest absolute Gasteiger partial charge is 0.499 e. The highest BCUT2D eigenvalue weighted by atomic mass is 16.6. The molecule has 0 rings (SSSR count). The van der Waals surface area contributed by atoms with E-state index in [1.807, 2.05) is 0 Å². The predicted molar refractivity (Wildman–Crippen MR) is 216 cm³/mol. The van der Waals surface area contributed by atoms with Crippen LogP contribution in [-0.4, -0.2) is 165 Å². The Bertz CT molecular complexity index is 748. The fourth-order valence-corrected chi connectivity index (χ4v) is 5.07. The van der Waals surface area contributed by atoms with Gasteiger partial charge in [0.15, 0.2) is 0 Å². The highest BCUT2D eigenvalue weighted by molar-refractivity contribution is 5.69. The van der Waals surface area contributed by atoms with E-state index in [-0.39, 0.29) is 12.6 Å². The molecule has 0 spiro atoms.